The van der Waals surface area contributed by atoms with Crippen LogP contribution in [-0.2, 0) is 20.9 Å². The lowest BCUT2D eigenvalue weighted by atomic mass is 10.2. The predicted octanol–water partition coefficient (Wildman–Crippen LogP) is 3.61. The first-order chi connectivity index (χ1) is 8.43. The Bertz CT molecular complexity index is 525. The Morgan fingerprint density at radius 3 is 1.95 bits per heavy atom. The van der Waals surface area contributed by atoms with Crippen molar-refractivity contribution in [3.8, 4) is 0 Å². The number of rotatable bonds is 4. The topological polar surface area (TPSA) is 43.4 Å². The lowest BCUT2D eigenvalue weighted by molar-refractivity contribution is 0.276. The molecule has 19 heavy (non-hydrogen) atoms. The number of hydrogen-bond acceptors (Lipinski definition) is 3. The second-order valence-electron chi connectivity index (χ2n) is 6.47. The van der Waals surface area contributed by atoms with Crippen molar-refractivity contribution in [1.82, 2.24) is 0 Å². The summed E-state index contributed by atoms with van der Waals surface area (Å²) >= 11 is 0. The van der Waals surface area contributed by atoms with Gasteiger partial charge in [-0.3, -0.25) is 0 Å². The smallest absolute Gasteiger partial charge is 0.192 e. The van der Waals surface area contributed by atoms with Gasteiger partial charge in [0.1, 0.15) is 0 Å². The fourth-order valence-electron chi connectivity index (χ4n) is 1.31. The van der Waals surface area contributed by atoms with E-state index in [2.05, 4.69) is 33.9 Å². The van der Waals surface area contributed by atoms with Crippen molar-refractivity contribution in [1.29, 1.82) is 0 Å². The molecule has 0 spiro atoms. The van der Waals surface area contributed by atoms with Crippen LogP contribution in [0.25, 0.3) is 0 Å². The largest absolute Gasteiger partial charge is 0.413 e. The van der Waals surface area contributed by atoms with E-state index in [9.17, 15) is 8.42 Å². The molecule has 0 aromatic heterocycles. The van der Waals surface area contributed by atoms with Gasteiger partial charge in [-0.15, -0.1) is 0 Å². The number of sulfone groups is 1. The lowest BCUT2D eigenvalue weighted by Gasteiger charge is -2.36. The van der Waals surface area contributed by atoms with Gasteiger partial charge in [-0.1, -0.05) is 32.9 Å². The van der Waals surface area contributed by atoms with Crippen molar-refractivity contribution in [2.75, 3.05) is 6.26 Å². The molecular formula is C14H24O3SSi. The summed E-state index contributed by atoms with van der Waals surface area (Å²) < 4.78 is 28.8. The molecule has 5 heteroatoms. The molecule has 1 aromatic carbocycles. The monoisotopic (exact) mass is 300 g/mol. The van der Waals surface area contributed by atoms with Gasteiger partial charge in [-0.05, 0) is 35.8 Å². The third-order valence-corrected chi connectivity index (χ3v) is 9.36. The van der Waals surface area contributed by atoms with E-state index in [0.29, 0.717) is 11.5 Å². The summed E-state index contributed by atoms with van der Waals surface area (Å²) in [5.74, 6) is 0. The zero-order chi connectivity index (χ0) is 14.9. The van der Waals surface area contributed by atoms with Crippen LogP contribution >= 0.6 is 0 Å². The van der Waals surface area contributed by atoms with E-state index in [0.717, 1.165) is 5.56 Å². The summed E-state index contributed by atoms with van der Waals surface area (Å²) in [4.78, 5) is 0.351. The minimum Gasteiger partial charge on any atom is -0.413 e. The summed E-state index contributed by atoms with van der Waals surface area (Å²) in [7, 11) is -4.87. The van der Waals surface area contributed by atoms with Gasteiger partial charge in [-0.2, -0.15) is 0 Å². The van der Waals surface area contributed by atoms with Gasteiger partial charge in [0.05, 0.1) is 11.5 Å². The van der Waals surface area contributed by atoms with Gasteiger partial charge in [0.15, 0.2) is 18.2 Å². The van der Waals surface area contributed by atoms with Crippen LogP contribution in [0, 0.1) is 0 Å². The first kappa shape index (κ1) is 16.4. The van der Waals surface area contributed by atoms with Crippen LogP contribution in [0.3, 0.4) is 0 Å². The normalized spacial score (nSPS) is 13.6. The highest BCUT2D eigenvalue weighted by molar-refractivity contribution is 7.90. The maximum absolute atomic E-state index is 11.4. The molecule has 0 atom stereocenters. The molecule has 0 amide bonds. The molecule has 0 bridgehead atoms. The molecule has 0 saturated heterocycles. The van der Waals surface area contributed by atoms with Crippen LogP contribution in [0.4, 0.5) is 0 Å². The Morgan fingerprint density at radius 1 is 1.11 bits per heavy atom. The average molecular weight is 300 g/mol. The summed E-state index contributed by atoms with van der Waals surface area (Å²) in [6.07, 6.45) is 1.22. The highest BCUT2D eigenvalue weighted by Gasteiger charge is 2.36. The molecular weight excluding hydrogens is 276 g/mol. The van der Waals surface area contributed by atoms with E-state index in [-0.39, 0.29) is 5.04 Å². The third-order valence-electron chi connectivity index (χ3n) is 3.76. The fourth-order valence-corrected chi connectivity index (χ4v) is 2.90. The number of hydrogen-bond donors (Lipinski definition) is 0. The van der Waals surface area contributed by atoms with Crippen LogP contribution in [0.2, 0.25) is 18.1 Å². The molecule has 1 rings (SSSR count). The minimum absolute atomic E-state index is 0.180. The first-order valence-corrected chi connectivity index (χ1v) is 11.2. The van der Waals surface area contributed by atoms with Crippen LogP contribution in [-0.4, -0.2) is 23.0 Å². The highest BCUT2D eigenvalue weighted by Crippen LogP contribution is 2.37. The molecule has 108 valence electrons. The molecule has 0 unspecified atom stereocenters. The molecule has 0 radical (unpaired) electrons. The molecule has 0 aliphatic heterocycles. The van der Waals surface area contributed by atoms with Crippen molar-refractivity contribution in [2.24, 2.45) is 0 Å². The van der Waals surface area contributed by atoms with Crippen molar-refractivity contribution in [2.45, 2.75) is 50.4 Å². The molecule has 0 fully saturated rings. The highest BCUT2D eigenvalue weighted by atomic mass is 32.2. The van der Waals surface area contributed by atoms with E-state index in [4.69, 9.17) is 4.43 Å². The summed E-state index contributed by atoms with van der Waals surface area (Å²) in [6, 6.07) is 6.92. The molecule has 0 N–H and O–H groups in total. The van der Waals surface area contributed by atoms with Gasteiger partial charge in [0.25, 0.3) is 0 Å². The molecule has 1 aromatic rings. The van der Waals surface area contributed by atoms with Gasteiger partial charge in [0, 0.05) is 6.26 Å². The maximum atomic E-state index is 11.4. The molecule has 0 aliphatic rings. The first-order valence-electron chi connectivity index (χ1n) is 6.36. The second kappa shape index (κ2) is 5.38. The molecule has 0 aliphatic carbocycles. The standard InChI is InChI=1S/C14H24O3SSi/c1-14(2,3)19(5,6)17-11-12-7-9-13(10-8-12)18(4,15)16/h7-10H,11H2,1-6H3. The van der Waals surface area contributed by atoms with Crippen LogP contribution < -0.4 is 0 Å². The lowest BCUT2D eigenvalue weighted by Crippen LogP contribution is -2.40. The van der Waals surface area contributed by atoms with Gasteiger partial charge in [-0.25, -0.2) is 8.42 Å². The summed E-state index contributed by atoms with van der Waals surface area (Å²) in [5.41, 5.74) is 1.01. The van der Waals surface area contributed by atoms with Crippen LogP contribution in [0.5, 0.6) is 0 Å². The second-order valence-corrected chi connectivity index (χ2v) is 13.3. The number of benzene rings is 1. The average Bonchev–Trinajstić information content (AvgIpc) is 2.24. The minimum atomic E-state index is -3.12. The Balaban J connectivity index is 2.76. The fraction of sp³-hybridized carbons (Fsp3) is 0.571. The van der Waals surface area contributed by atoms with E-state index < -0.39 is 18.2 Å². The quantitative estimate of drug-likeness (QED) is 0.798. The van der Waals surface area contributed by atoms with Crippen molar-refractivity contribution in [3.63, 3.8) is 0 Å². The molecule has 0 heterocycles. The zero-order valence-corrected chi connectivity index (χ0v) is 14.5. The third kappa shape index (κ3) is 4.44. The maximum Gasteiger partial charge on any atom is 0.192 e. The van der Waals surface area contributed by atoms with Crippen LogP contribution in [0.1, 0.15) is 26.3 Å². The van der Waals surface area contributed by atoms with Gasteiger partial charge >= 0.3 is 0 Å². The van der Waals surface area contributed by atoms with Crippen molar-refractivity contribution < 1.29 is 12.8 Å². The zero-order valence-electron chi connectivity index (χ0n) is 12.6. The van der Waals surface area contributed by atoms with E-state index >= 15 is 0 Å². The summed E-state index contributed by atoms with van der Waals surface area (Å²) in [5, 5.41) is 0.180. The summed E-state index contributed by atoms with van der Waals surface area (Å²) in [6.45, 7) is 11.6. The van der Waals surface area contributed by atoms with Gasteiger partial charge in [0.2, 0.25) is 0 Å². The van der Waals surface area contributed by atoms with E-state index in [1.807, 2.05) is 12.1 Å². The van der Waals surface area contributed by atoms with Gasteiger partial charge < -0.3 is 4.43 Å². The van der Waals surface area contributed by atoms with Crippen molar-refractivity contribution >= 4 is 18.2 Å². The Labute approximate surface area is 118 Å². The van der Waals surface area contributed by atoms with Crippen LogP contribution in [0.15, 0.2) is 29.2 Å². The van der Waals surface area contributed by atoms with Crippen molar-refractivity contribution in [3.05, 3.63) is 29.8 Å². The van der Waals surface area contributed by atoms with E-state index in [1.165, 1.54) is 6.26 Å². The SMILES string of the molecule is CC(C)(C)[Si](C)(C)OCc1ccc(S(C)(=O)=O)cc1. The van der Waals surface area contributed by atoms with E-state index in [1.54, 1.807) is 12.1 Å². The molecule has 3 nitrogen and oxygen atoms in total. The molecule has 0 saturated carbocycles. The Kier molecular flexibility index (Phi) is 4.65. The Hall–Kier alpha value is -0.653. The predicted molar refractivity (Wildman–Crippen MR) is 81.5 cm³/mol. The Morgan fingerprint density at radius 2 is 1.58 bits per heavy atom.